The summed E-state index contributed by atoms with van der Waals surface area (Å²) in [4.78, 5) is 32.2. The van der Waals surface area contributed by atoms with Gasteiger partial charge in [-0.2, -0.15) is 13.2 Å². The number of carbonyl (C=O) groups excluding carboxylic acids is 2. The highest BCUT2D eigenvalue weighted by molar-refractivity contribution is 8.15. The van der Waals surface area contributed by atoms with E-state index < -0.39 is 22.9 Å². The number of nitrogens with one attached hydrogen (secondary N) is 1. The van der Waals surface area contributed by atoms with Crippen LogP contribution in [0.25, 0.3) is 0 Å². The van der Waals surface area contributed by atoms with Crippen molar-refractivity contribution in [1.82, 2.24) is 4.90 Å². The van der Waals surface area contributed by atoms with Crippen molar-refractivity contribution in [3.8, 4) is 11.5 Å². The molecule has 1 unspecified atom stereocenters. The fourth-order valence-corrected chi connectivity index (χ4v) is 5.28. The largest absolute Gasteiger partial charge is 0.493 e. The molecular weight excluding hydrogens is 567 g/mol. The molecule has 1 aliphatic rings. The number of methoxy groups -OCH3 is 2. The standard InChI is InChI=1S/C28H25ClF3N3O4S/c1-38-22-11-10-17(14-23(22)39-2)12-13-35-25(36)16-24(26(37)34-21-9-4-3-8-20(21)29)40-27(35)33-19-7-5-6-18(15-19)28(30,31)32/h3-11,14-15,24H,12-13,16H2,1-2H3,(H,34,37). The second-order valence-corrected chi connectivity index (χ2v) is 10.3. The summed E-state index contributed by atoms with van der Waals surface area (Å²) in [6.45, 7) is 0.179. The fourth-order valence-electron chi connectivity index (χ4n) is 3.98. The van der Waals surface area contributed by atoms with Gasteiger partial charge in [-0.05, 0) is 54.4 Å². The average Bonchev–Trinajstić information content (AvgIpc) is 2.93. The maximum atomic E-state index is 13.3. The first kappa shape index (κ1) is 29.3. The molecule has 12 heteroatoms. The smallest absolute Gasteiger partial charge is 0.416 e. The van der Waals surface area contributed by atoms with E-state index >= 15 is 0 Å². The summed E-state index contributed by atoms with van der Waals surface area (Å²) in [5.74, 6) is 0.218. The van der Waals surface area contributed by atoms with Gasteiger partial charge in [-0.25, -0.2) is 4.99 Å². The van der Waals surface area contributed by atoms with Gasteiger partial charge in [0.15, 0.2) is 16.7 Å². The number of carbonyl (C=O) groups is 2. The number of aliphatic imine (C=N–C) groups is 1. The Kier molecular flexibility index (Phi) is 9.26. The first-order chi connectivity index (χ1) is 19.1. The lowest BCUT2D eigenvalue weighted by Crippen LogP contribution is -2.46. The number of anilines is 1. The molecule has 4 rings (SSSR count). The minimum absolute atomic E-state index is 0.00778. The predicted octanol–water partition coefficient (Wildman–Crippen LogP) is 6.58. The highest BCUT2D eigenvalue weighted by atomic mass is 35.5. The topological polar surface area (TPSA) is 80.2 Å². The van der Waals surface area contributed by atoms with E-state index in [-0.39, 0.29) is 29.7 Å². The summed E-state index contributed by atoms with van der Waals surface area (Å²) in [5, 5.41) is 2.30. The molecule has 0 aliphatic carbocycles. The van der Waals surface area contributed by atoms with Crippen molar-refractivity contribution in [3.05, 3.63) is 82.9 Å². The first-order valence-corrected chi connectivity index (χ1v) is 13.3. The van der Waals surface area contributed by atoms with Crippen molar-refractivity contribution in [1.29, 1.82) is 0 Å². The first-order valence-electron chi connectivity index (χ1n) is 12.1. The van der Waals surface area contributed by atoms with Crippen LogP contribution in [0.3, 0.4) is 0 Å². The summed E-state index contributed by atoms with van der Waals surface area (Å²) in [5.41, 5.74) is 0.363. The van der Waals surface area contributed by atoms with Gasteiger partial charge in [0.2, 0.25) is 11.8 Å². The molecule has 0 spiro atoms. The monoisotopic (exact) mass is 591 g/mol. The third-order valence-electron chi connectivity index (χ3n) is 6.03. The zero-order chi connectivity index (χ0) is 28.9. The Hall–Kier alpha value is -3.70. The fraction of sp³-hybridized carbons (Fsp3) is 0.250. The number of amides is 2. The average molecular weight is 592 g/mol. The van der Waals surface area contributed by atoms with Crippen LogP contribution in [-0.2, 0) is 22.2 Å². The van der Waals surface area contributed by atoms with Crippen LogP contribution in [0, 0.1) is 0 Å². The van der Waals surface area contributed by atoms with E-state index in [2.05, 4.69) is 10.3 Å². The van der Waals surface area contributed by atoms with E-state index in [1.165, 1.54) is 31.3 Å². The number of amidine groups is 1. The van der Waals surface area contributed by atoms with Gasteiger partial charge < -0.3 is 14.8 Å². The number of para-hydroxylation sites is 1. The zero-order valence-corrected chi connectivity index (χ0v) is 23.1. The molecule has 1 heterocycles. The van der Waals surface area contributed by atoms with Crippen LogP contribution < -0.4 is 14.8 Å². The molecule has 7 nitrogen and oxygen atoms in total. The quantitative estimate of drug-likeness (QED) is 0.320. The van der Waals surface area contributed by atoms with Gasteiger partial charge >= 0.3 is 6.18 Å². The van der Waals surface area contributed by atoms with Crippen molar-refractivity contribution >= 4 is 51.7 Å². The normalized spacial score (nSPS) is 16.6. The minimum atomic E-state index is -4.56. The van der Waals surface area contributed by atoms with Crippen molar-refractivity contribution in [2.45, 2.75) is 24.3 Å². The highest BCUT2D eigenvalue weighted by Crippen LogP contribution is 2.35. The Morgan fingerprint density at radius 2 is 1.82 bits per heavy atom. The summed E-state index contributed by atoms with van der Waals surface area (Å²) < 4.78 is 50.6. The number of alkyl halides is 3. The maximum Gasteiger partial charge on any atom is 0.416 e. The summed E-state index contributed by atoms with van der Waals surface area (Å²) in [6, 6.07) is 16.5. The van der Waals surface area contributed by atoms with Crippen molar-refractivity contribution in [3.63, 3.8) is 0 Å². The van der Waals surface area contributed by atoms with Gasteiger partial charge in [-0.1, -0.05) is 47.6 Å². The number of rotatable bonds is 8. The molecule has 1 saturated heterocycles. The van der Waals surface area contributed by atoms with E-state index in [1.807, 2.05) is 6.07 Å². The third-order valence-corrected chi connectivity index (χ3v) is 7.55. The van der Waals surface area contributed by atoms with E-state index in [0.29, 0.717) is 28.6 Å². The Morgan fingerprint density at radius 1 is 1.07 bits per heavy atom. The Morgan fingerprint density at radius 3 is 2.52 bits per heavy atom. The molecule has 1 aliphatic heterocycles. The zero-order valence-electron chi connectivity index (χ0n) is 21.5. The second kappa shape index (κ2) is 12.6. The van der Waals surface area contributed by atoms with Crippen molar-refractivity contribution < 1.29 is 32.2 Å². The highest BCUT2D eigenvalue weighted by Gasteiger charge is 2.36. The molecule has 3 aromatic rings. The number of nitrogens with zero attached hydrogens (tertiary/aromatic N) is 2. The van der Waals surface area contributed by atoms with Gasteiger partial charge in [-0.3, -0.25) is 14.5 Å². The van der Waals surface area contributed by atoms with Gasteiger partial charge in [0, 0.05) is 13.0 Å². The Labute approximate surface area is 238 Å². The van der Waals surface area contributed by atoms with Crippen molar-refractivity contribution in [2.24, 2.45) is 4.99 Å². The molecule has 0 radical (unpaired) electrons. The third kappa shape index (κ3) is 7.08. The van der Waals surface area contributed by atoms with Gasteiger partial charge in [-0.15, -0.1) is 0 Å². The van der Waals surface area contributed by atoms with Gasteiger partial charge in [0.25, 0.3) is 0 Å². The number of halogens is 4. The molecule has 0 saturated carbocycles. The molecular formula is C28H25ClF3N3O4S. The van der Waals surface area contributed by atoms with Crippen LogP contribution in [0.5, 0.6) is 11.5 Å². The van der Waals surface area contributed by atoms with E-state index in [0.717, 1.165) is 29.5 Å². The number of hydrogen-bond donors (Lipinski definition) is 1. The van der Waals surface area contributed by atoms with E-state index in [4.69, 9.17) is 21.1 Å². The maximum absolute atomic E-state index is 13.3. The Bertz CT molecular complexity index is 1430. The van der Waals surface area contributed by atoms with Crippen LogP contribution >= 0.6 is 23.4 Å². The molecule has 1 fully saturated rings. The molecule has 40 heavy (non-hydrogen) atoms. The van der Waals surface area contributed by atoms with Crippen LogP contribution in [0.2, 0.25) is 5.02 Å². The molecule has 3 aromatic carbocycles. The molecule has 210 valence electrons. The van der Waals surface area contributed by atoms with E-state index in [1.54, 1.807) is 36.4 Å². The summed E-state index contributed by atoms with van der Waals surface area (Å²) in [6.07, 6.45) is -4.30. The molecule has 1 N–H and O–H groups in total. The minimum Gasteiger partial charge on any atom is -0.493 e. The number of thioether (sulfide) groups is 1. The van der Waals surface area contributed by atoms with Crippen LogP contribution in [0.15, 0.2) is 71.7 Å². The SMILES string of the molecule is COc1ccc(CCN2C(=O)CC(C(=O)Nc3ccccc3Cl)SC2=Nc2cccc(C(F)(F)F)c2)cc1OC. The lowest BCUT2D eigenvalue weighted by Gasteiger charge is -2.32. The molecule has 0 aromatic heterocycles. The molecule has 1 atom stereocenters. The van der Waals surface area contributed by atoms with Gasteiger partial charge in [0.05, 0.1) is 36.2 Å². The van der Waals surface area contributed by atoms with Crippen LogP contribution in [-0.4, -0.2) is 47.9 Å². The number of benzene rings is 3. The second-order valence-electron chi connectivity index (χ2n) is 8.71. The predicted molar refractivity (Wildman–Crippen MR) is 150 cm³/mol. The Balaban J connectivity index is 1.61. The molecule has 0 bridgehead atoms. The molecule has 2 amide bonds. The van der Waals surface area contributed by atoms with Crippen LogP contribution in [0.4, 0.5) is 24.5 Å². The van der Waals surface area contributed by atoms with E-state index in [9.17, 15) is 22.8 Å². The summed E-state index contributed by atoms with van der Waals surface area (Å²) in [7, 11) is 3.04. The number of hydrogen-bond acceptors (Lipinski definition) is 6. The van der Waals surface area contributed by atoms with Crippen LogP contribution in [0.1, 0.15) is 17.5 Å². The lowest BCUT2D eigenvalue weighted by molar-refractivity contribution is -0.137. The van der Waals surface area contributed by atoms with Crippen molar-refractivity contribution in [2.75, 3.05) is 26.1 Å². The summed E-state index contributed by atoms with van der Waals surface area (Å²) >= 11 is 7.17. The number of ether oxygens (including phenoxy) is 2. The lowest BCUT2D eigenvalue weighted by atomic mass is 10.1. The van der Waals surface area contributed by atoms with Gasteiger partial charge in [0.1, 0.15) is 5.25 Å².